The SMILES string of the molecule is Cc1nnc(SC[C@@H]2O[C@H](c3ccc(-c4cccc(CNC(=O)NC56CC7CC(CC(C7)C5)C6)c4)cc3)O[C@H](c3ccc(CO)cc3)[C@@H]2C)s1. The lowest BCUT2D eigenvalue weighted by Crippen LogP contribution is -2.61. The highest BCUT2D eigenvalue weighted by atomic mass is 32.2. The fourth-order valence-electron chi connectivity index (χ4n) is 9.22. The van der Waals surface area contributed by atoms with Gasteiger partial charge in [-0.2, -0.15) is 0 Å². The van der Waals surface area contributed by atoms with Gasteiger partial charge >= 0.3 is 6.03 Å². The molecule has 4 aliphatic carbocycles. The van der Waals surface area contributed by atoms with Crippen LogP contribution in [0.2, 0.25) is 0 Å². The van der Waals surface area contributed by atoms with E-state index in [2.05, 4.69) is 76.3 Å². The van der Waals surface area contributed by atoms with Crippen molar-refractivity contribution in [2.45, 2.75) is 93.9 Å². The first kappa shape index (κ1) is 33.8. The van der Waals surface area contributed by atoms with Gasteiger partial charge in [0.1, 0.15) is 5.01 Å². The summed E-state index contributed by atoms with van der Waals surface area (Å²) in [5.41, 5.74) is 6.17. The number of urea groups is 1. The first-order chi connectivity index (χ1) is 24.3. The van der Waals surface area contributed by atoms with E-state index in [4.69, 9.17) is 9.47 Å². The average Bonchev–Trinajstić information content (AvgIpc) is 3.54. The largest absolute Gasteiger partial charge is 0.392 e. The number of carbonyl (C=O) groups excluding carboxylic acids is 1. The molecule has 5 aliphatic rings. The number of nitrogens with one attached hydrogen (secondary N) is 2. The van der Waals surface area contributed by atoms with Gasteiger partial charge in [-0.15, -0.1) is 10.2 Å². The molecule has 262 valence electrons. The van der Waals surface area contributed by atoms with Crippen LogP contribution in [0.25, 0.3) is 11.1 Å². The van der Waals surface area contributed by atoms with Crippen molar-refractivity contribution < 1.29 is 19.4 Å². The predicted molar refractivity (Wildman–Crippen MR) is 196 cm³/mol. The average molecular weight is 711 g/mol. The van der Waals surface area contributed by atoms with Crippen LogP contribution in [0.1, 0.15) is 85.1 Å². The molecule has 9 rings (SSSR count). The highest BCUT2D eigenvalue weighted by molar-refractivity contribution is 8.01. The second-order valence-corrected chi connectivity index (χ2v) is 17.5. The Kier molecular flexibility index (Phi) is 9.74. The van der Waals surface area contributed by atoms with Crippen LogP contribution in [0.4, 0.5) is 4.79 Å². The normalized spacial score (nSPS) is 29.9. The molecule has 1 saturated heterocycles. The van der Waals surface area contributed by atoms with Gasteiger partial charge in [0, 0.05) is 29.3 Å². The summed E-state index contributed by atoms with van der Waals surface area (Å²) < 4.78 is 14.3. The fourth-order valence-corrected chi connectivity index (χ4v) is 11.2. The van der Waals surface area contributed by atoms with Crippen molar-refractivity contribution in [3.63, 3.8) is 0 Å². The van der Waals surface area contributed by atoms with Gasteiger partial charge in [-0.25, -0.2) is 4.79 Å². The minimum atomic E-state index is -0.535. The first-order valence-electron chi connectivity index (χ1n) is 18.0. The molecule has 4 aromatic rings. The summed E-state index contributed by atoms with van der Waals surface area (Å²) in [5, 5.41) is 25.6. The zero-order valence-electron chi connectivity index (χ0n) is 28.7. The van der Waals surface area contributed by atoms with Crippen LogP contribution in [0, 0.1) is 30.6 Å². The summed E-state index contributed by atoms with van der Waals surface area (Å²) in [6.07, 6.45) is 6.75. The number of aliphatic hydroxyl groups excluding tert-OH is 1. The number of nitrogens with zero attached hydrogens (tertiary/aromatic N) is 2. The van der Waals surface area contributed by atoms with Crippen LogP contribution in [-0.2, 0) is 22.6 Å². The molecule has 0 unspecified atom stereocenters. The number of ether oxygens (including phenoxy) is 2. The van der Waals surface area contributed by atoms with Crippen molar-refractivity contribution in [2.75, 3.05) is 5.75 Å². The Labute approximate surface area is 302 Å². The maximum atomic E-state index is 13.1. The van der Waals surface area contributed by atoms with E-state index in [9.17, 15) is 9.90 Å². The number of carbonyl (C=O) groups is 1. The number of aromatic nitrogens is 2. The lowest BCUT2D eigenvalue weighted by molar-refractivity contribution is -0.268. The molecule has 2 amide bonds. The summed E-state index contributed by atoms with van der Waals surface area (Å²) in [7, 11) is 0. The molecule has 8 nitrogen and oxygen atoms in total. The Morgan fingerprint density at radius 3 is 2.26 bits per heavy atom. The number of hydrogen-bond donors (Lipinski definition) is 3. The van der Waals surface area contributed by atoms with E-state index in [1.165, 1.54) is 19.3 Å². The maximum absolute atomic E-state index is 13.1. The Bertz CT molecular complexity index is 1760. The van der Waals surface area contributed by atoms with Crippen molar-refractivity contribution >= 4 is 29.1 Å². The van der Waals surface area contributed by atoms with E-state index in [0.29, 0.717) is 6.54 Å². The van der Waals surface area contributed by atoms with Gasteiger partial charge in [-0.1, -0.05) is 96.8 Å². The van der Waals surface area contributed by atoms with E-state index in [-0.39, 0.29) is 36.3 Å². The minimum Gasteiger partial charge on any atom is -0.392 e. The molecule has 3 aromatic carbocycles. The Morgan fingerprint density at radius 1 is 0.900 bits per heavy atom. The van der Waals surface area contributed by atoms with Crippen molar-refractivity contribution in [2.24, 2.45) is 23.7 Å². The molecule has 3 N–H and O–H groups in total. The third-order valence-corrected chi connectivity index (χ3v) is 13.4. The van der Waals surface area contributed by atoms with E-state index < -0.39 is 6.29 Å². The Balaban J connectivity index is 0.933. The number of benzene rings is 3. The van der Waals surface area contributed by atoms with Gasteiger partial charge in [0.2, 0.25) is 0 Å². The molecule has 1 aliphatic heterocycles. The number of rotatable bonds is 10. The van der Waals surface area contributed by atoms with Gasteiger partial charge < -0.3 is 25.2 Å². The smallest absolute Gasteiger partial charge is 0.315 e. The number of thioether (sulfide) groups is 1. The minimum absolute atomic E-state index is 0.00747. The van der Waals surface area contributed by atoms with Crippen LogP contribution in [-0.4, -0.2) is 38.7 Å². The lowest BCUT2D eigenvalue weighted by Gasteiger charge is -2.56. The Hall–Kier alpha value is -3.28. The van der Waals surface area contributed by atoms with E-state index in [0.717, 1.165) is 85.5 Å². The molecule has 0 spiro atoms. The summed E-state index contributed by atoms with van der Waals surface area (Å²) in [6, 6.07) is 24.8. The molecule has 10 heteroatoms. The number of amides is 2. The molecular formula is C40H46N4O4S2. The predicted octanol–water partition coefficient (Wildman–Crippen LogP) is 8.36. The van der Waals surface area contributed by atoms with Crippen LogP contribution in [0.3, 0.4) is 0 Å². The van der Waals surface area contributed by atoms with Crippen molar-refractivity contribution in [3.05, 3.63) is 100 Å². The summed E-state index contributed by atoms with van der Waals surface area (Å²) in [6.45, 7) is 4.64. The number of aryl methyl sites for hydroxylation is 1. The highest BCUT2D eigenvalue weighted by Gasteiger charge is 2.51. The molecule has 4 saturated carbocycles. The quantitative estimate of drug-likeness (QED) is 0.142. The monoisotopic (exact) mass is 710 g/mol. The standard InChI is InChI=1S/C40H46N4O4S2/c1-24-35(23-49-39-44-43-25(2)50-39)47-37(48-36(24)32-8-6-26(22-45)7-9-32)33-12-10-31(11-13-33)34-5-3-4-27(17-34)21-41-38(46)42-40-18-28-14-29(19-40)16-30(15-28)20-40/h3-13,17,24,28-30,35-37,45H,14-16,18-23H2,1-2H3,(H2,41,42,46)/t24-,28?,29?,30?,35+,36+,37+,40?/m1/s1. The molecule has 4 bridgehead atoms. The van der Waals surface area contributed by atoms with Crippen LogP contribution < -0.4 is 10.6 Å². The summed E-state index contributed by atoms with van der Waals surface area (Å²) in [4.78, 5) is 13.1. The maximum Gasteiger partial charge on any atom is 0.315 e. The number of aliphatic hydroxyl groups is 1. The van der Waals surface area contributed by atoms with E-state index in [1.807, 2.05) is 31.2 Å². The molecule has 50 heavy (non-hydrogen) atoms. The van der Waals surface area contributed by atoms with E-state index >= 15 is 0 Å². The third-order valence-electron chi connectivity index (χ3n) is 11.3. The molecule has 2 heterocycles. The third kappa shape index (κ3) is 7.37. The van der Waals surface area contributed by atoms with Gasteiger partial charge in [0.15, 0.2) is 10.6 Å². The van der Waals surface area contributed by atoms with Crippen LogP contribution in [0.15, 0.2) is 77.1 Å². The van der Waals surface area contributed by atoms with Crippen LogP contribution >= 0.6 is 23.1 Å². The first-order valence-corrected chi connectivity index (χ1v) is 19.8. The zero-order valence-corrected chi connectivity index (χ0v) is 30.3. The second-order valence-electron chi connectivity index (χ2n) is 15.0. The topological polar surface area (TPSA) is 106 Å². The second kappa shape index (κ2) is 14.4. The van der Waals surface area contributed by atoms with Crippen LogP contribution in [0.5, 0.6) is 0 Å². The molecule has 0 radical (unpaired) electrons. The molecule has 5 fully saturated rings. The zero-order chi connectivity index (χ0) is 34.2. The van der Waals surface area contributed by atoms with Crippen molar-refractivity contribution in [1.29, 1.82) is 0 Å². The van der Waals surface area contributed by atoms with Gasteiger partial charge in [-0.3, -0.25) is 0 Å². The van der Waals surface area contributed by atoms with E-state index in [1.54, 1.807) is 23.1 Å². The fraction of sp³-hybridized carbons (Fsp3) is 0.475. The lowest BCUT2D eigenvalue weighted by atomic mass is 9.53. The summed E-state index contributed by atoms with van der Waals surface area (Å²) >= 11 is 3.27. The molecule has 1 aromatic heterocycles. The Morgan fingerprint density at radius 2 is 1.60 bits per heavy atom. The molecular weight excluding hydrogens is 665 g/mol. The van der Waals surface area contributed by atoms with Gasteiger partial charge in [-0.05, 0) is 97.1 Å². The van der Waals surface area contributed by atoms with Crippen molar-refractivity contribution in [3.8, 4) is 11.1 Å². The molecule has 4 atom stereocenters. The van der Waals surface area contributed by atoms with Gasteiger partial charge in [0.25, 0.3) is 0 Å². The highest BCUT2D eigenvalue weighted by Crippen LogP contribution is 2.55. The van der Waals surface area contributed by atoms with Gasteiger partial charge in [0.05, 0.1) is 18.8 Å². The van der Waals surface area contributed by atoms with Crippen molar-refractivity contribution in [1.82, 2.24) is 20.8 Å². The number of hydrogen-bond acceptors (Lipinski definition) is 8. The summed E-state index contributed by atoms with van der Waals surface area (Å²) in [5.74, 6) is 3.23.